The molecule has 0 radical (unpaired) electrons. The van der Waals surface area contributed by atoms with Crippen LogP contribution in [0.15, 0.2) is 48.7 Å². The molecule has 2 aliphatic rings. The Balaban J connectivity index is 0.00000150. The van der Waals surface area contributed by atoms with Crippen molar-refractivity contribution in [2.75, 3.05) is 31.1 Å². The average molecular weight is 437 g/mol. The van der Waals surface area contributed by atoms with Crippen LogP contribution >= 0.6 is 24.8 Å². The fraction of sp³-hybridized carbons (Fsp3) is 0.455. The first kappa shape index (κ1) is 23.5. The summed E-state index contributed by atoms with van der Waals surface area (Å²) < 4.78 is 0. The number of hydrogen-bond donors (Lipinski definition) is 1. The third-order valence-corrected chi connectivity index (χ3v) is 5.80. The van der Waals surface area contributed by atoms with Crippen LogP contribution in [0.2, 0.25) is 0 Å². The molecule has 0 aliphatic carbocycles. The second kappa shape index (κ2) is 10.8. The minimum atomic E-state index is -0.0271. The molecule has 3 heterocycles. The fourth-order valence-corrected chi connectivity index (χ4v) is 4.23. The summed E-state index contributed by atoms with van der Waals surface area (Å²) in [7, 11) is 0. The SMILES string of the molecule is Cl.Cl.N[C@@H]1CN(C(=O)c2ccc(N3CCCCCC3)nc2)C[C@H]1c1ccccc1. The molecule has 0 spiro atoms. The molecule has 4 rings (SSSR count). The monoisotopic (exact) mass is 436 g/mol. The normalized spacial score (nSPS) is 21.7. The predicted octanol–water partition coefficient (Wildman–Crippen LogP) is 3.87. The van der Waals surface area contributed by atoms with Crippen LogP contribution in [-0.4, -0.2) is 48.0 Å². The van der Waals surface area contributed by atoms with Gasteiger partial charge in [-0.05, 0) is 30.5 Å². The van der Waals surface area contributed by atoms with Crippen molar-refractivity contribution >= 4 is 36.5 Å². The second-order valence-electron chi connectivity index (χ2n) is 7.70. The third kappa shape index (κ3) is 5.41. The lowest BCUT2D eigenvalue weighted by molar-refractivity contribution is 0.0789. The van der Waals surface area contributed by atoms with Crippen LogP contribution < -0.4 is 10.6 Å². The predicted molar refractivity (Wildman–Crippen MR) is 122 cm³/mol. The molecule has 2 atom stereocenters. The molecule has 0 unspecified atom stereocenters. The molecule has 29 heavy (non-hydrogen) atoms. The highest BCUT2D eigenvalue weighted by atomic mass is 35.5. The van der Waals surface area contributed by atoms with Gasteiger partial charge in [-0.1, -0.05) is 43.2 Å². The molecule has 0 bridgehead atoms. The summed E-state index contributed by atoms with van der Waals surface area (Å²) in [5.41, 5.74) is 8.19. The Kier molecular flexibility index (Phi) is 8.75. The number of nitrogens with two attached hydrogens (primary N) is 1. The Morgan fingerprint density at radius 2 is 1.62 bits per heavy atom. The second-order valence-corrected chi connectivity index (χ2v) is 7.70. The topological polar surface area (TPSA) is 62.5 Å². The number of aromatic nitrogens is 1. The highest BCUT2D eigenvalue weighted by molar-refractivity contribution is 5.94. The number of nitrogens with zero attached hydrogens (tertiary/aromatic N) is 3. The third-order valence-electron chi connectivity index (χ3n) is 5.80. The van der Waals surface area contributed by atoms with Crippen molar-refractivity contribution in [2.24, 2.45) is 5.73 Å². The fourth-order valence-electron chi connectivity index (χ4n) is 4.23. The first-order chi connectivity index (χ1) is 13.2. The summed E-state index contributed by atoms with van der Waals surface area (Å²) in [6.07, 6.45) is 6.75. The van der Waals surface area contributed by atoms with Crippen LogP contribution in [0.3, 0.4) is 0 Å². The van der Waals surface area contributed by atoms with E-state index in [2.05, 4.69) is 22.0 Å². The lowest BCUT2D eigenvalue weighted by atomic mass is 9.95. The molecule has 7 heteroatoms. The zero-order chi connectivity index (χ0) is 18.6. The van der Waals surface area contributed by atoms with Crippen molar-refractivity contribution in [3.8, 4) is 0 Å². The number of pyridine rings is 1. The van der Waals surface area contributed by atoms with Crippen molar-refractivity contribution in [1.29, 1.82) is 0 Å². The number of carbonyl (C=O) groups excluding carboxylic acids is 1. The summed E-state index contributed by atoms with van der Waals surface area (Å²) >= 11 is 0. The first-order valence-electron chi connectivity index (χ1n) is 10.0. The Bertz CT molecular complexity index is 764. The molecule has 158 valence electrons. The van der Waals surface area contributed by atoms with E-state index >= 15 is 0 Å². The minimum absolute atomic E-state index is 0. The molecule has 1 amide bonds. The minimum Gasteiger partial charge on any atom is -0.357 e. The molecular formula is C22H30Cl2N4O. The van der Waals surface area contributed by atoms with E-state index in [0.29, 0.717) is 18.7 Å². The van der Waals surface area contributed by atoms with Gasteiger partial charge in [-0.15, -0.1) is 24.8 Å². The number of amides is 1. The van der Waals surface area contributed by atoms with Gasteiger partial charge in [-0.2, -0.15) is 0 Å². The van der Waals surface area contributed by atoms with E-state index in [0.717, 1.165) is 18.9 Å². The molecule has 5 nitrogen and oxygen atoms in total. The van der Waals surface area contributed by atoms with Crippen molar-refractivity contribution < 1.29 is 4.79 Å². The Hall–Kier alpha value is -1.82. The maximum atomic E-state index is 12.9. The van der Waals surface area contributed by atoms with E-state index in [4.69, 9.17) is 5.73 Å². The van der Waals surface area contributed by atoms with Gasteiger partial charge in [-0.25, -0.2) is 4.98 Å². The van der Waals surface area contributed by atoms with E-state index in [1.54, 1.807) is 6.20 Å². The van der Waals surface area contributed by atoms with Gasteiger partial charge in [0.25, 0.3) is 5.91 Å². The summed E-state index contributed by atoms with van der Waals surface area (Å²) in [5, 5.41) is 0. The van der Waals surface area contributed by atoms with Crippen LogP contribution in [0.25, 0.3) is 0 Å². The van der Waals surface area contributed by atoms with E-state index in [9.17, 15) is 4.79 Å². The van der Waals surface area contributed by atoms with E-state index in [1.165, 1.54) is 31.2 Å². The molecule has 2 aliphatic heterocycles. The number of benzene rings is 1. The summed E-state index contributed by atoms with van der Waals surface area (Å²) in [6.45, 7) is 3.37. The van der Waals surface area contributed by atoms with E-state index in [1.807, 2.05) is 35.2 Å². The van der Waals surface area contributed by atoms with Crippen molar-refractivity contribution in [3.63, 3.8) is 0 Å². The van der Waals surface area contributed by atoms with Gasteiger partial charge in [0.1, 0.15) is 5.82 Å². The van der Waals surface area contributed by atoms with Gasteiger partial charge in [0.05, 0.1) is 5.56 Å². The Morgan fingerprint density at radius 3 is 2.24 bits per heavy atom. The number of carbonyl (C=O) groups is 1. The zero-order valence-corrected chi connectivity index (χ0v) is 18.2. The molecule has 1 aromatic carbocycles. The quantitative estimate of drug-likeness (QED) is 0.792. The summed E-state index contributed by atoms with van der Waals surface area (Å²) in [5.74, 6) is 1.20. The number of hydrogen-bond acceptors (Lipinski definition) is 4. The molecule has 0 saturated carbocycles. The lowest BCUT2D eigenvalue weighted by Gasteiger charge is -2.22. The van der Waals surface area contributed by atoms with E-state index < -0.39 is 0 Å². The molecule has 2 fully saturated rings. The molecule has 2 saturated heterocycles. The van der Waals surface area contributed by atoms with Crippen LogP contribution in [0, 0.1) is 0 Å². The van der Waals surface area contributed by atoms with Gasteiger partial charge in [0.2, 0.25) is 0 Å². The first-order valence-corrected chi connectivity index (χ1v) is 10.0. The Morgan fingerprint density at radius 1 is 0.931 bits per heavy atom. The van der Waals surface area contributed by atoms with Crippen LogP contribution in [-0.2, 0) is 0 Å². The summed E-state index contributed by atoms with van der Waals surface area (Å²) in [6, 6.07) is 14.1. The van der Waals surface area contributed by atoms with Gasteiger partial charge < -0.3 is 15.5 Å². The van der Waals surface area contributed by atoms with Crippen LogP contribution in [0.1, 0.15) is 47.5 Å². The number of halogens is 2. The highest BCUT2D eigenvalue weighted by Gasteiger charge is 2.34. The Labute approximate surface area is 185 Å². The van der Waals surface area contributed by atoms with Gasteiger partial charge >= 0.3 is 0 Å². The number of likely N-dealkylation sites (tertiary alicyclic amines) is 1. The van der Waals surface area contributed by atoms with Gasteiger partial charge in [0, 0.05) is 44.3 Å². The summed E-state index contributed by atoms with van der Waals surface area (Å²) in [4.78, 5) is 21.7. The zero-order valence-electron chi connectivity index (χ0n) is 16.6. The van der Waals surface area contributed by atoms with Crippen molar-refractivity contribution in [2.45, 2.75) is 37.6 Å². The van der Waals surface area contributed by atoms with Crippen LogP contribution in [0.4, 0.5) is 5.82 Å². The lowest BCUT2D eigenvalue weighted by Crippen LogP contribution is -2.32. The maximum Gasteiger partial charge on any atom is 0.255 e. The van der Waals surface area contributed by atoms with E-state index in [-0.39, 0.29) is 42.7 Å². The largest absolute Gasteiger partial charge is 0.357 e. The standard InChI is InChI=1S/C22H28N4O.2ClH/c23-20-16-26(15-19(20)17-8-4-3-5-9-17)22(27)18-10-11-21(24-14-18)25-12-6-1-2-7-13-25;;/h3-5,8-11,14,19-20H,1-2,6-7,12-13,15-16,23H2;2*1H/t19-,20+;;/m0../s1. The van der Waals surface area contributed by atoms with Gasteiger partial charge in [-0.3, -0.25) is 4.79 Å². The van der Waals surface area contributed by atoms with Gasteiger partial charge in [0.15, 0.2) is 0 Å². The van der Waals surface area contributed by atoms with Crippen molar-refractivity contribution in [1.82, 2.24) is 9.88 Å². The molecule has 2 N–H and O–H groups in total. The number of anilines is 1. The molecular weight excluding hydrogens is 407 g/mol. The molecule has 2 aromatic rings. The highest BCUT2D eigenvalue weighted by Crippen LogP contribution is 2.27. The maximum absolute atomic E-state index is 12.9. The number of rotatable bonds is 3. The smallest absolute Gasteiger partial charge is 0.255 e. The average Bonchev–Trinajstić information content (AvgIpc) is 2.92. The van der Waals surface area contributed by atoms with Crippen molar-refractivity contribution in [3.05, 3.63) is 59.8 Å². The van der Waals surface area contributed by atoms with Crippen LogP contribution in [0.5, 0.6) is 0 Å². The molecule has 1 aromatic heterocycles.